The topological polar surface area (TPSA) is 37.3 Å². The first-order valence-electron chi connectivity index (χ1n) is 10.6. The monoisotopic (exact) mass is 472 g/mol. The van der Waals surface area contributed by atoms with E-state index in [1.165, 1.54) is 13.0 Å². The smallest absolute Gasteiger partial charge is 0.383 e. The third-order valence-corrected chi connectivity index (χ3v) is 9.02. The van der Waals surface area contributed by atoms with Crippen LogP contribution < -0.4 is 0 Å². The van der Waals surface area contributed by atoms with Crippen molar-refractivity contribution in [2.45, 2.75) is 76.2 Å². The van der Waals surface area contributed by atoms with Crippen LogP contribution >= 0.6 is 0 Å². The van der Waals surface area contributed by atoms with Crippen LogP contribution in [0, 0.1) is 28.6 Å². The van der Waals surface area contributed by atoms with Gasteiger partial charge in [0.2, 0.25) is 0 Å². The van der Waals surface area contributed by atoms with E-state index in [2.05, 4.69) is 0 Å². The van der Waals surface area contributed by atoms with Crippen LogP contribution in [0.4, 0.5) is 35.1 Å². The second-order valence-corrected chi connectivity index (χ2v) is 10.2. The van der Waals surface area contributed by atoms with Crippen LogP contribution in [0.15, 0.2) is 23.3 Å². The predicted octanol–water partition coefficient (Wildman–Crippen LogP) is 6.16. The molecular formula is C22H24F8O2. The lowest BCUT2D eigenvalue weighted by Gasteiger charge is -2.59. The van der Waals surface area contributed by atoms with Gasteiger partial charge in [0.05, 0.1) is 0 Å². The van der Waals surface area contributed by atoms with E-state index in [0.717, 1.165) is 6.08 Å². The summed E-state index contributed by atoms with van der Waals surface area (Å²) in [6, 6.07) is 0. The van der Waals surface area contributed by atoms with Crippen molar-refractivity contribution in [1.29, 1.82) is 0 Å². The van der Waals surface area contributed by atoms with Gasteiger partial charge in [-0.1, -0.05) is 19.9 Å². The third kappa shape index (κ3) is 2.76. The van der Waals surface area contributed by atoms with Crippen molar-refractivity contribution in [3.8, 4) is 0 Å². The van der Waals surface area contributed by atoms with Crippen molar-refractivity contribution < 1.29 is 45.0 Å². The molecular weight excluding hydrogens is 448 g/mol. The maximum Gasteiger partial charge on any atom is 0.456 e. The van der Waals surface area contributed by atoms with Crippen LogP contribution in [0.1, 0.15) is 52.4 Å². The first-order chi connectivity index (χ1) is 14.4. The molecule has 3 fully saturated rings. The van der Waals surface area contributed by atoms with Gasteiger partial charge in [0, 0.05) is 10.8 Å². The van der Waals surface area contributed by atoms with Crippen LogP contribution in [-0.2, 0) is 4.79 Å². The molecule has 0 aromatic rings. The summed E-state index contributed by atoms with van der Waals surface area (Å²) in [5.74, 6) is -8.01. The molecule has 0 saturated heterocycles. The first kappa shape index (κ1) is 23.7. The van der Waals surface area contributed by atoms with E-state index in [1.807, 2.05) is 0 Å². The third-order valence-electron chi connectivity index (χ3n) is 9.02. The van der Waals surface area contributed by atoms with Crippen molar-refractivity contribution in [1.82, 2.24) is 0 Å². The number of aliphatic hydroxyl groups is 1. The molecule has 0 radical (unpaired) electrons. The largest absolute Gasteiger partial charge is 0.456 e. The SMILES string of the molecule is C[C@]12C=CC(=O)C(C(F)(F)F)=C1CCC1C2CC[C@@]2(C)C1CC[C@]2(O)C(F)(F)C(F)(F)F. The van der Waals surface area contributed by atoms with E-state index in [-0.39, 0.29) is 37.7 Å². The minimum absolute atomic E-state index is 0.0313. The maximum atomic E-state index is 14.5. The molecule has 4 aliphatic carbocycles. The molecule has 0 aromatic carbocycles. The summed E-state index contributed by atoms with van der Waals surface area (Å²) < 4.78 is 109. The van der Waals surface area contributed by atoms with Crippen LogP contribution in [0.2, 0.25) is 0 Å². The molecule has 2 nitrogen and oxygen atoms in total. The molecule has 0 heterocycles. The second-order valence-electron chi connectivity index (χ2n) is 10.2. The van der Waals surface area contributed by atoms with Crippen molar-refractivity contribution in [2.75, 3.05) is 0 Å². The fourth-order valence-electron chi connectivity index (χ4n) is 7.42. The molecule has 4 aliphatic rings. The van der Waals surface area contributed by atoms with E-state index < -0.39 is 70.2 Å². The Hall–Kier alpha value is -1.45. The molecule has 0 bridgehead atoms. The van der Waals surface area contributed by atoms with Gasteiger partial charge in [0.1, 0.15) is 11.2 Å². The van der Waals surface area contributed by atoms with Gasteiger partial charge in [-0.25, -0.2) is 0 Å². The minimum atomic E-state index is -5.92. The van der Waals surface area contributed by atoms with Gasteiger partial charge in [-0.15, -0.1) is 0 Å². The highest BCUT2D eigenvalue weighted by Crippen LogP contribution is 2.70. The van der Waals surface area contributed by atoms with Crippen molar-refractivity contribution in [3.63, 3.8) is 0 Å². The van der Waals surface area contributed by atoms with Crippen LogP contribution in [-0.4, -0.2) is 34.8 Å². The highest BCUT2D eigenvalue weighted by Gasteiger charge is 2.79. The lowest BCUT2D eigenvalue weighted by Crippen LogP contribution is -2.65. The Morgan fingerprint density at radius 3 is 2.09 bits per heavy atom. The van der Waals surface area contributed by atoms with E-state index in [1.54, 1.807) is 6.92 Å². The molecule has 180 valence electrons. The summed E-state index contributed by atoms with van der Waals surface area (Å²) in [5, 5.41) is 10.8. The second kappa shape index (κ2) is 6.57. The Morgan fingerprint density at radius 1 is 0.938 bits per heavy atom. The van der Waals surface area contributed by atoms with Gasteiger partial charge >= 0.3 is 18.3 Å². The van der Waals surface area contributed by atoms with E-state index in [9.17, 15) is 45.0 Å². The highest BCUT2D eigenvalue weighted by atomic mass is 19.4. The molecule has 0 spiro atoms. The zero-order valence-electron chi connectivity index (χ0n) is 17.5. The summed E-state index contributed by atoms with van der Waals surface area (Å²) >= 11 is 0. The Kier molecular flexibility index (Phi) is 4.87. The number of allylic oxidation sites excluding steroid dienone is 4. The van der Waals surface area contributed by atoms with Crippen LogP contribution in [0.3, 0.4) is 0 Å². The molecule has 10 heteroatoms. The lowest BCUT2D eigenvalue weighted by atomic mass is 9.46. The molecule has 1 N–H and O–H groups in total. The van der Waals surface area contributed by atoms with Gasteiger partial charge in [-0.3, -0.25) is 4.79 Å². The molecule has 0 aromatic heterocycles. The average molecular weight is 472 g/mol. The lowest BCUT2D eigenvalue weighted by molar-refractivity contribution is -0.363. The van der Waals surface area contributed by atoms with Gasteiger partial charge in [0.15, 0.2) is 5.78 Å². The van der Waals surface area contributed by atoms with Crippen LogP contribution in [0.25, 0.3) is 0 Å². The average Bonchev–Trinajstić information content (AvgIpc) is 2.93. The Balaban J connectivity index is 1.75. The fraction of sp³-hybridized carbons (Fsp3) is 0.773. The zero-order valence-corrected chi connectivity index (χ0v) is 17.5. The standard InChI is InChI=1S/C22H24F8O2/c1-17-8-7-15(31)16(20(23,24)25)14(17)4-3-11-12(17)5-9-18(2)13(11)6-10-19(18,32)21(26,27)22(28,29)30/h7-8,11-13,32H,3-6,9-10H2,1-2H3/t11?,12?,13?,17-,18+,19-/m1/s1. The van der Waals surface area contributed by atoms with Gasteiger partial charge in [0.25, 0.3) is 0 Å². The summed E-state index contributed by atoms with van der Waals surface area (Å²) in [6.07, 6.45) is -9.26. The number of carbonyl (C=O) groups is 1. The maximum absolute atomic E-state index is 14.5. The summed E-state index contributed by atoms with van der Waals surface area (Å²) in [5.41, 5.74) is -7.38. The summed E-state index contributed by atoms with van der Waals surface area (Å²) in [6.45, 7) is 2.84. The van der Waals surface area contributed by atoms with E-state index in [0.29, 0.717) is 0 Å². The van der Waals surface area contributed by atoms with Gasteiger partial charge < -0.3 is 5.11 Å². The number of carbonyl (C=O) groups excluding carboxylic acids is 1. The molecule has 0 aliphatic heterocycles. The van der Waals surface area contributed by atoms with E-state index >= 15 is 0 Å². The summed E-state index contributed by atoms with van der Waals surface area (Å²) in [4.78, 5) is 12.0. The van der Waals surface area contributed by atoms with Crippen molar-refractivity contribution in [2.24, 2.45) is 28.6 Å². The highest BCUT2D eigenvalue weighted by molar-refractivity contribution is 6.07. The first-order valence-corrected chi connectivity index (χ1v) is 10.6. The van der Waals surface area contributed by atoms with Crippen LogP contribution in [0.5, 0.6) is 0 Å². The number of hydrogen-bond acceptors (Lipinski definition) is 2. The molecule has 3 saturated carbocycles. The number of rotatable bonds is 1. The molecule has 6 atom stereocenters. The Morgan fingerprint density at radius 2 is 1.53 bits per heavy atom. The number of alkyl halides is 8. The predicted molar refractivity (Wildman–Crippen MR) is 97.6 cm³/mol. The quantitative estimate of drug-likeness (QED) is 0.465. The molecule has 4 rings (SSSR count). The molecule has 32 heavy (non-hydrogen) atoms. The molecule has 3 unspecified atom stereocenters. The number of ketones is 1. The number of fused-ring (bicyclic) bond motifs is 5. The number of halogens is 8. The zero-order chi connectivity index (χ0) is 24.1. The van der Waals surface area contributed by atoms with Gasteiger partial charge in [-0.05, 0) is 67.9 Å². The minimum Gasteiger partial charge on any atom is -0.383 e. The molecule has 0 amide bonds. The fourth-order valence-corrected chi connectivity index (χ4v) is 7.42. The Labute approximate surface area is 179 Å². The van der Waals surface area contributed by atoms with Crippen molar-refractivity contribution >= 4 is 5.78 Å². The van der Waals surface area contributed by atoms with E-state index in [4.69, 9.17) is 0 Å². The van der Waals surface area contributed by atoms with Gasteiger partial charge in [-0.2, -0.15) is 35.1 Å². The summed E-state index contributed by atoms with van der Waals surface area (Å²) in [7, 11) is 0. The van der Waals surface area contributed by atoms with Crippen molar-refractivity contribution in [3.05, 3.63) is 23.3 Å². The number of hydrogen-bond donors (Lipinski definition) is 1. The Bertz CT molecular complexity index is 901. The normalized spacial score (nSPS) is 42.6.